The molecule has 0 radical (unpaired) electrons. The van der Waals surface area contributed by atoms with Gasteiger partial charge in [-0.05, 0) is 68.0 Å². The number of carbonyl (C=O) groups excluding carboxylic acids is 2. The molecule has 0 spiro atoms. The van der Waals surface area contributed by atoms with E-state index < -0.39 is 15.9 Å². The maximum atomic E-state index is 12.7. The Bertz CT molecular complexity index is 1060. The lowest BCUT2D eigenvalue weighted by atomic mass is 10.1. The summed E-state index contributed by atoms with van der Waals surface area (Å²) in [5, 5.41) is 2.82. The van der Waals surface area contributed by atoms with Crippen molar-refractivity contribution in [3.8, 4) is 0 Å². The van der Waals surface area contributed by atoms with E-state index in [4.69, 9.17) is 0 Å². The fraction of sp³-hybridized carbons (Fsp3) is 0.364. The molecule has 1 aliphatic carbocycles. The summed E-state index contributed by atoms with van der Waals surface area (Å²) in [5.41, 5.74) is 2.95. The molecule has 160 valence electrons. The number of rotatable bonds is 8. The highest BCUT2D eigenvalue weighted by Gasteiger charge is 2.25. The Kier molecular flexibility index (Phi) is 6.58. The molecule has 0 aromatic heterocycles. The van der Waals surface area contributed by atoms with E-state index in [1.807, 2.05) is 32.0 Å². The molecule has 1 saturated carbocycles. The highest BCUT2D eigenvalue weighted by Crippen LogP contribution is 2.28. The molecule has 7 nitrogen and oxygen atoms in total. The van der Waals surface area contributed by atoms with Crippen LogP contribution < -0.4 is 10.0 Å². The van der Waals surface area contributed by atoms with Gasteiger partial charge in [0, 0.05) is 24.8 Å². The van der Waals surface area contributed by atoms with Gasteiger partial charge in [-0.25, -0.2) is 13.1 Å². The molecule has 30 heavy (non-hydrogen) atoms. The lowest BCUT2D eigenvalue weighted by Crippen LogP contribution is -2.35. The van der Waals surface area contributed by atoms with Crippen LogP contribution in [0.2, 0.25) is 0 Å². The number of carbonyl (C=O) groups is 2. The summed E-state index contributed by atoms with van der Waals surface area (Å²) in [5.74, 6) is -0.342. The molecule has 8 heteroatoms. The van der Waals surface area contributed by atoms with Gasteiger partial charge in [-0.15, -0.1) is 0 Å². The molecule has 2 aromatic carbocycles. The van der Waals surface area contributed by atoms with Crippen LogP contribution in [0.15, 0.2) is 47.4 Å². The van der Waals surface area contributed by atoms with Gasteiger partial charge in [-0.3, -0.25) is 9.59 Å². The van der Waals surface area contributed by atoms with Crippen LogP contribution in [0.3, 0.4) is 0 Å². The second-order valence-corrected chi connectivity index (χ2v) is 9.55. The highest BCUT2D eigenvalue weighted by atomic mass is 32.2. The van der Waals surface area contributed by atoms with E-state index in [-0.39, 0.29) is 22.9 Å². The Labute approximate surface area is 177 Å². The molecular formula is C22H27N3O4S. The molecule has 0 aliphatic heterocycles. The summed E-state index contributed by atoms with van der Waals surface area (Å²) >= 11 is 0. The van der Waals surface area contributed by atoms with Gasteiger partial charge < -0.3 is 10.2 Å². The van der Waals surface area contributed by atoms with Crippen molar-refractivity contribution in [2.75, 3.05) is 25.5 Å². The number of anilines is 1. The van der Waals surface area contributed by atoms with Crippen LogP contribution in [-0.2, 0) is 14.8 Å². The maximum Gasteiger partial charge on any atom is 0.254 e. The Morgan fingerprint density at radius 2 is 1.80 bits per heavy atom. The van der Waals surface area contributed by atoms with E-state index in [9.17, 15) is 18.0 Å². The third-order valence-electron chi connectivity index (χ3n) is 5.26. The van der Waals surface area contributed by atoms with E-state index in [0.717, 1.165) is 24.0 Å². The summed E-state index contributed by atoms with van der Waals surface area (Å²) < 4.78 is 27.5. The molecule has 1 aliphatic rings. The normalized spacial score (nSPS) is 13.7. The molecule has 2 N–H and O–H groups in total. The average molecular weight is 430 g/mol. The SMILES string of the molecule is Cc1cccc(NC(=O)CN(C)C(=O)c2cccc(S(=O)(=O)NCC3CC3)c2)c1C. The second-order valence-electron chi connectivity index (χ2n) is 7.78. The van der Waals surface area contributed by atoms with Crippen molar-refractivity contribution in [2.24, 2.45) is 5.92 Å². The van der Waals surface area contributed by atoms with Crippen molar-refractivity contribution < 1.29 is 18.0 Å². The zero-order valence-electron chi connectivity index (χ0n) is 17.4. The predicted molar refractivity (Wildman–Crippen MR) is 116 cm³/mol. The molecular weight excluding hydrogens is 402 g/mol. The monoisotopic (exact) mass is 429 g/mol. The topological polar surface area (TPSA) is 95.6 Å². The summed E-state index contributed by atoms with van der Waals surface area (Å²) in [6, 6.07) is 11.5. The molecule has 3 rings (SSSR count). The second kappa shape index (κ2) is 8.97. The fourth-order valence-electron chi connectivity index (χ4n) is 3.01. The first-order chi connectivity index (χ1) is 14.2. The molecule has 0 atom stereocenters. The molecule has 2 amide bonds. The van der Waals surface area contributed by atoms with E-state index in [1.54, 1.807) is 6.07 Å². The number of benzene rings is 2. The summed E-state index contributed by atoms with van der Waals surface area (Å²) in [6.45, 7) is 4.15. The van der Waals surface area contributed by atoms with Gasteiger partial charge in [-0.2, -0.15) is 0 Å². The standard InChI is InChI=1S/C22H27N3O4S/c1-15-6-4-9-20(16(15)2)24-21(26)14-25(3)22(27)18-7-5-8-19(12-18)30(28,29)23-13-17-10-11-17/h4-9,12,17,23H,10-11,13-14H2,1-3H3,(H,24,26). The van der Waals surface area contributed by atoms with Gasteiger partial charge >= 0.3 is 0 Å². The minimum absolute atomic E-state index is 0.0437. The average Bonchev–Trinajstić information content (AvgIpc) is 3.54. The predicted octanol–water partition coefficient (Wildman–Crippen LogP) is 2.70. The highest BCUT2D eigenvalue weighted by molar-refractivity contribution is 7.89. The number of hydrogen-bond acceptors (Lipinski definition) is 4. The maximum absolute atomic E-state index is 12.7. The van der Waals surface area contributed by atoms with E-state index in [2.05, 4.69) is 10.0 Å². The third-order valence-corrected chi connectivity index (χ3v) is 6.68. The summed E-state index contributed by atoms with van der Waals surface area (Å²) in [6.07, 6.45) is 2.08. The van der Waals surface area contributed by atoms with Crippen LogP contribution in [0.1, 0.15) is 34.3 Å². The zero-order valence-corrected chi connectivity index (χ0v) is 18.3. The van der Waals surface area contributed by atoms with Crippen LogP contribution in [-0.4, -0.2) is 45.3 Å². The smallest absolute Gasteiger partial charge is 0.254 e. The van der Waals surface area contributed by atoms with Gasteiger partial charge in [0.1, 0.15) is 0 Å². The first-order valence-corrected chi connectivity index (χ1v) is 11.4. The first kappa shape index (κ1) is 22.0. The largest absolute Gasteiger partial charge is 0.332 e. The van der Waals surface area contributed by atoms with Crippen LogP contribution in [0, 0.1) is 19.8 Å². The van der Waals surface area contributed by atoms with Crippen LogP contribution in [0.5, 0.6) is 0 Å². The lowest BCUT2D eigenvalue weighted by Gasteiger charge is -2.18. The number of nitrogens with one attached hydrogen (secondary N) is 2. The van der Waals surface area contributed by atoms with Gasteiger partial charge in [-0.1, -0.05) is 18.2 Å². The quantitative estimate of drug-likeness (QED) is 0.674. The van der Waals surface area contributed by atoms with E-state index >= 15 is 0 Å². The van der Waals surface area contributed by atoms with E-state index in [1.165, 1.54) is 30.1 Å². The Morgan fingerprint density at radius 3 is 2.50 bits per heavy atom. The zero-order chi connectivity index (χ0) is 21.9. The Morgan fingerprint density at radius 1 is 1.10 bits per heavy atom. The molecule has 0 bridgehead atoms. The first-order valence-electron chi connectivity index (χ1n) is 9.88. The summed E-state index contributed by atoms with van der Waals surface area (Å²) in [7, 11) is -2.16. The number of amides is 2. The number of sulfonamides is 1. The molecule has 0 unspecified atom stereocenters. The van der Waals surface area contributed by atoms with Crippen LogP contribution in [0.25, 0.3) is 0 Å². The molecule has 0 saturated heterocycles. The third kappa shape index (κ3) is 5.46. The van der Waals surface area contributed by atoms with E-state index in [0.29, 0.717) is 18.2 Å². The Balaban J connectivity index is 1.65. The lowest BCUT2D eigenvalue weighted by molar-refractivity contribution is -0.116. The van der Waals surface area contributed by atoms with Crippen LogP contribution >= 0.6 is 0 Å². The summed E-state index contributed by atoms with van der Waals surface area (Å²) in [4.78, 5) is 26.4. The van der Waals surface area contributed by atoms with Crippen molar-refractivity contribution in [2.45, 2.75) is 31.6 Å². The van der Waals surface area contributed by atoms with Crippen molar-refractivity contribution in [3.05, 3.63) is 59.2 Å². The molecule has 2 aromatic rings. The van der Waals surface area contributed by atoms with Crippen molar-refractivity contribution in [1.82, 2.24) is 9.62 Å². The molecule has 0 heterocycles. The minimum Gasteiger partial charge on any atom is -0.332 e. The van der Waals surface area contributed by atoms with Gasteiger partial charge in [0.25, 0.3) is 5.91 Å². The van der Waals surface area contributed by atoms with Crippen molar-refractivity contribution in [1.29, 1.82) is 0 Å². The number of aryl methyl sites for hydroxylation is 1. The molecule has 1 fully saturated rings. The number of nitrogens with zero attached hydrogens (tertiary/aromatic N) is 1. The Hall–Kier alpha value is -2.71. The van der Waals surface area contributed by atoms with Gasteiger partial charge in [0.2, 0.25) is 15.9 Å². The number of hydrogen-bond donors (Lipinski definition) is 2. The minimum atomic E-state index is -3.67. The van der Waals surface area contributed by atoms with Crippen molar-refractivity contribution in [3.63, 3.8) is 0 Å². The van der Waals surface area contributed by atoms with Crippen molar-refractivity contribution >= 4 is 27.5 Å². The van der Waals surface area contributed by atoms with Gasteiger partial charge in [0.15, 0.2) is 0 Å². The van der Waals surface area contributed by atoms with Gasteiger partial charge in [0.05, 0.1) is 11.4 Å². The number of likely N-dealkylation sites (N-methyl/N-ethyl adjacent to an activating group) is 1. The van der Waals surface area contributed by atoms with Crippen LogP contribution in [0.4, 0.5) is 5.69 Å². The fourth-order valence-corrected chi connectivity index (χ4v) is 4.17.